The molecule has 1 aromatic heterocycles. The lowest BCUT2D eigenvalue weighted by atomic mass is 10.0. The van der Waals surface area contributed by atoms with Crippen LogP contribution < -0.4 is 16.0 Å². The molecule has 0 saturated heterocycles. The zero-order valence-corrected chi connectivity index (χ0v) is 16.5. The Hall–Kier alpha value is -3.97. The molecule has 3 N–H and O–H groups in total. The highest BCUT2D eigenvalue weighted by atomic mass is 32.1. The lowest BCUT2D eigenvalue weighted by Crippen LogP contribution is -2.34. The lowest BCUT2D eigenvalue weighted by molar-refractivity contribution is 0.0976. The molecule has 3 aromatic carbocycles. The molecule has 7 heteroatoms. The molecule has 2 amide bonds. The molecule has 0 unspecified atom stereocenters. The number of furan rings is 1. The monoisotopic (exact) mass is 415 g/mol. The van der Waals surface area contributed by atoms with Crippen molar-refractivity contribution in [3.05, 3.63) is 96.4 Å². The van der Waals surface area contributed by atoms with E-state index < -0.39 is 0 Å². The maximum absolute atomic E-state index is 12.7. The Morgan fingerprint density at radius 3 is 2.17 bits per heavy atom. The lowest BCUT2D eigenvalue weighted by Gasteiger charge is -2.11. The Labute approximate surface area is 177 Å². The van der Waals surface area contributed by atoms with Crippen molar-refractivity contribution in [3.8, 4) is 0 Å². The van der Waals surface area contributed by atoms with Crippen LogP contribution in [0.15, 0.2) is 89.5 Å². The molecule has 0 fully saturated rings. The molecule has 0 spiro atoms. The number of fused-ring (bicyclic) bond motifs is 1. The minimum Gasteiger partial charge on any atom is -0.459 e. The van der Waals surface area contributed by atoms with Crippen LogP contribution in [-0.2, 0) is 0 Å². The SMILES string of the molecule is O=C(Nc1ccc(NC(=S)NC(=O)c2cccc3ccccc23)cc1)c1ccco1. The van der Waals surface area contributed by atoms with Gasteiger partial charge < -0.3 is 15.1 Å². The number of rotatable bonds is 4. The van der Waals surface area contributed by atoms with Gasteiger partial charge in [0.1, 0.15) is 0 Å². The predicted octanol–water partition coefficient (Wildman–Crippen LogP) is 4.81. The van der Waals surface area contributed by atoms with Crippen molar-refractivity contribution in [2.24, 2.45) is 0 Å². The summed E-state index contributed by atoms with van der Waals surface area (Å²) in [6.45, 7) is 0. The number of amides is 2. The van der Waals surface area contributed by atoms with Crippen LogP contribution in [0, 0.1) is 0 Å². The summed E-state index contributed by atoms with van der Waals surface area (Å²) in [5.74, 6) is -0.389. The minimum absolute atomic E-state index is 0.181. The van der Waals surface area contributed by atoms with Gasteiger partial charge in [-0.2, -0.15) is 0 Å². The van der Waals surface area contributed by atoms with Crippen LogP contribution in [0.25, 0.3) is 10.8 Å². The molecule has 6 nitrogen and oxygen atoms in total. The molecule has 0 radical (unpaired) electrons. The third kappa shape index (κ3) is 4.37. The van der Waals surface area contributed by atoms with E-state index in [0.717, 1.165) is 10.8 Å². The van der Waals surface area contributed by atoms with E-state index in [0.29, 0.717) is 16.9 Å². The van der Waals surface area contributed by atoms with Crippen molar-refractivity contribution in [3.63, 3.8) is 0 Å². The molecule has 0 aliphatic carbocycles. The van der Waals surface area contributed by atoms with Crippen molar-refractivity contribution in [1.29, 1.82) is 0 Å². The summed E-state index contributed by atoms with van der Waals surface area (Å²) in [5.41, 5.74) is 1.83. The Bertz CT molecular complexity index is 1210. The van der Waals surface area contributed by atoms with Gasteiger partial charge in [-0.25, -0.2) is 0 Å². The van der Waals surface area contributed by atoms with E-state index in [4.69, 9.17) is 16.6 Å². The fourth-order valence-electron chi connectivity index (χ4n) is 2.99. The molecule has 4 aromatic rings. The molecule has 0 atom stereocenters. The summed E-state index contributed by atoms with van der Waals surface area (Å²) >= 11 is 5.27. The van der Waals surface area contributed by atoms with Gasteiger partial charge in [0.05, 0.1) is 6.26 Å². The van der Waals surface area contributed by atoms with Crippen LogP contribution in [0.2, 0.25) is 0 Å². The smallest absolute Gasteiger partial charge is 0.291 e. The van der Waals surface area contributed by atoms with Gasteiger partial charge in [0.2, 0.25) is 0 Å². The standard InChI is InChI=1S/C23H17N3O3S/c27-21(19-8-3-6-15-5-1-2-7-18(15)19)26-23(30)25-17-12-10-16(11-13-17)24-22(28)20-9-4-14-29-20/h1-14H,(H,24,28)(H2,25,26,27,30). The van der Waals surface area contributed by atoms with Gasteiger partial charge in [-0.1, -0.05) is 36.4 Å². The van der Waals surface area contributed by atoms with E-state index in [2.05, 4.69) is 16.0 Å². The number of anilines is 2. The average molecular weight is 415 g/mol. The van der Waals surface area contributed by atoms with Crippen molar-refractivity contribution in [2.75, 3.05) is 10.6 Å². The summed E-state index contributed by atoms with van der Waals surface area (Å²) < 4.78 is 5.06. The summed E-state index contributed by atoms with van der Waals surface area (Å²) in [6, 6.07) is 23.4. The first kappa shape index (κ1) is 19.4. The molecule has 148 valence electrons. The zero-order valence-electron chi connectivity index (χ0n) is 15.7. The van der Waals surface area contributed by atoms with Gasteiger partial charge in [-0.3, -0.25) is 14.9 Å². The Balaban J connectivity index is 1.38. The minimum atomic E-state index is -0.335. The highest BCUT2D eigenvalue weighted by Gasteiger charge is 2.12. The fourth-order valence-corrected chi connectivity index (χ4v) is 3.20. The topological polar surface area (TPSA) is 83.4 Å². The van der Waals surface area contributed by atoms with Crippen LogP contribution >= 0.6 is 12.2 Å². The predicted molar refractivity (Wildman–Crippen MR) is 121 cm³/mol. The third-order valence-electron chi connectivity index (χ3n) is 4.41. The molecule has 1 heterocycles. The molecule has 4 rings (SSSR count). The van der Waals surface area contributed by atoms with Gasteiger partial charge in [-0.15, -0.1) is 0 Å². The second kappa shape index (κ2) is 8.59. The quantitative estimate of drug-likeness (QED) is 0.417. The van der Waals surface area contributed by atoms with Crippen LogP contribution in [-0.4, -0.2) is 16.9 Å². The van der Waals surface area contributed by atoms with E-state index in [9.17, 15) is 9.59 Å². The first-order valence-corrected chi connectivity index (χ1v) is 9.56. The van der Waals surface area contributed by atoms with Gasteiger partial charge in [0.15, 0.2) is 10.9 Å². The molecule has 0 aliphatic rings. The Kier molecular flexibility index (Phi) is 5.54. The summed E-state index contributed by atoms with van der Waals surface area (Å²) in [7, 11) is 0. The van der Waals surface area contributed by atoms with Gasteiger partial charge >= 0.3 is 0 Å². The summed E-state index contributed by atoms with van der Waals surface area (Å²) in [6.07, 6.45) is 1.44. The van der Waals surface area contributed by atoms with Crippen LogP contribution in [0.1, 0.15) is 20.9 Å². The summed E-state index contributed by atoms with van der Waals surface area (Å²) in [5, 5.41) is 10.4. The highest BCUT2D eigenvalue weighted by Crippen LogP contribution is 2.19. The van der Waals surface area contributed by atoms with E-state index in [-0.39, 0.29) is 22.7 Å². The number of hydrogen-bond acceptors (Lipinski definition) is 4. The van der Waals surface area contributed by atoms with Gasteiger partial charge in [0, 0.05) is 16.9 Å². The number of hydrogen-bond donors (Lipinski definition) is 3. The maximum Gasteiger partial charge on any atom is 0.291 e. The van der Waals surface area contributed by atoms with Crippen LogP contribution in [0.5, 0.6) is 0 Å². The molecule has 0 saturated carbocycles. The van der Waals surface area contributed by atoms with Gasteiger partial charge in [0.25, 0.3) is 11.8 Å². The number of carbonyl (C=O) groups is 2. The molecular weight excluding hydrogens is 398 g/mol. The van der Waals surface area contributed by atoms with Crippen molar-refractivity contribution < 1.29 is 14.0 Å². The van der Waals surface area contributed by atoms with E-state index in [1.165, 1.54) is 6.26 Å². The van der Waals surface area contributed by atoms with Gasteiger partial charge in [-0.05, 0) is 65.5 Å². The first-order chi connectivity index (χ1) is 14.6. The third-order valence-corrected chi connectivity index (χ3v) is 4.61. The molecule has 30 heavy (non-hydrogen) atoms. The van der Waals surface area contributed by atoms with Crippen molar-refractivity contribution in [2.45, 2.75) is 0 Å². The Morgan fingerprint density at radius 1 is 0.733 bits per heavy atom. The zero-order chi connectivity index (χ0) is 20.9. The number of carbonyl (C=O) groups excluding carboxylic acids is 2. The highest BCUT2D eigenvalue weighted by molar-refractivity contribution is 7.80. The largest absolute Gasteiger partial charge is 0.459 e. The maximum atomic E-state index is 12.7. The first-order valence-electron chi connectivity index (χ1n) is 9.15. The van der Waals surface area contributed by atoms with Crippen LogP contribution in [0.3, 0.4) is 0 Å². The molecule has 0 bridgehead atoms. The normalized spacial score (nSPS) is 10.4. The summed E-state index contributed by atoms with van der Waals surface area (Å²) in [4.78, 5) is 24.7. The molecular formula is C23H17N3O3S. The van der Waals surface area contributed by atoms with E-state index in [1.807, 2.05) is 36.4 Å². The number of benzene rings is 3. The van der Waals surface area contributed by atoms with Crippen LogP contribution in [0.4, 0.5) is 11.4 Å². The number of thiocarbonyl (C=S) groups is 1. The fraction of sp³-hybridized carbons (Fsp3) is 0. The second-order valence-electron chi connectivity index (χ2n) is 6.44. The Morgan fingerprint density at radius 2 is 1.43 bits per heavy atom. The molecule has 0 aliphatic heterocycles. The average Bonchev–Trinajstić information content (AvgIpc) is 3.30. The van der Waals surface area contributed by atoms with E-state index in [1.54, 1.807) is 42.5 Å². The number of nitrogens with one attached hydrogen (secondary N) is 3. The van der Waals surface area contributed by atoms with Crippen molar-refractivity contribution in [1.82, 2.24) is 5.32 Å². The second-order valence-corrected chi connectivity index (χ2v) is 6.85. The van der Waals surface area contributed by atoms with Crippen molar-refractivity contribution >= 4 is 51.3 Å². The van der Waals surface area contributed by atoms with E-state index >= 15 is 0 Å².